The van der Waals surface area contributed by atoms with Crippen LogP contribution in [-0.2, 0) is 14.6 Å². The maximum atomic E-state index is 11.0. The van der Waals surface area contributed by atoms with E-state index in [-0.39, 0.29) is 12.4 Å². The van der Waals surface area contributed by atoms with Crippen molar-refractivity contribution in [1.29, 1.82) is 0 Å². The highest BCUT2D eigenvalue weighted by Gasteiger charge is 2.04. The first-order chi connectivity index (χ1) is 8.88. The first-order valence-corrected chi connectivity index (χ1v) is 7.75. The Morgan fingerprint density at radius 1 is 1.37 bits per heavy atom. The molecule has 0 aromatic heterocycles. The van der Waals surface area contributed by atoms with Crippen molar-refractivity contribution in [2.24, 2.45) is 0 Å². The summed E-state index contributed by atoms with van der Waals surface area (Å²) < 4.78 is 27.4. The van der Waals surface area contributed by atoms with E-state index >= 15 is 0 Å². The number of aliphatic carboxylic acids is 1. The molecule has 0 fully saturated rings. The van der Waals surface area contributed by atoms with Crippen molar-refractivity contribution in [1.82, 2.24) is 0 Å². The number of hydrogen-bond donors (Lipinski definition) is 1. The predicted molar refractivity (Wildman–Crippen MR) is 72.9 cm³/mol. The topological polar surface area (TPSA) is 80.7 Å². The van der Waals surface area contributed by atoms with Crippen molar-refractivity contribution in [3.05, 3.63) is 35.9 Å². The normalized spacial score (nSPS) is 11.6. The number of sulfone groups is 1. The van der Waals surface area contributed by atoms with Gasteiger partial charge in [0, 0.05) is 17.9 Å². The van der Waals surface area contributed by atoms with Crippen molar-refractivity contribution in [2.75, 3.05) is 18.6 Å². The molecule has 0 aliphatic heterocycles. The largest absolute Gasteiger partial charge is 0.493 e. The standard InChI is InChI=1S/C13H16O5S/c1-19(16,17)10-4-9-18-12-6-3-2-5-11(12)7-8-13(14)15/h2-3,5-8H,4,9-10H2,1H3,(H,14,15). The molecule has 1 aromatic carbocycles. The van der Waals surface area contributed by atoms with Crippen molar-refractivity contribution in [3.63, 3.8) is 0 Å². The Hall–Kier alpha value is -1.82. The Balaban J connectivity index is 2.61. The number of carbonyl (C=O) groups is 1. The monoisotopic (exact) mass is 284 g/mol. The number of benzene rings is 1. The van der Waals surface area contributed by atoms with E-state index in [9.17, 15) is 13.2 Å². The molecule has 0 spiro atoms. The van der Waals surface area contributed by atoms with Gasteiger partial charge >= 0.3 is 5.97 Å². The van der Waals surface area contributed by atoms with E-state index < -0.39 is 15.8 Å². The van der Waals surface area contributed by atoms with E-state index in [1.807, 2.05) is 0 Å². The SMILES string of the molecule is CS(=O)(=O)CCCOc1ccccc1C=CC(=O)O. The van der Waals surface area contributed by atoms with Crippen LogP contribution in [0.25, 0.3) is 6.08 Å². The lowest BCUT2D eigenvalue weighted by atomic mass is 10.2. The summed E-state index contributed by atoms with van der Waals surface area (Å²) in [7, 11) is -2.98. The lowest BCUT2D eigenvalue weighted by Crippen LogP contribution is -2.08. The van der Waals surface area contributed by atoms with Gasteiger partial charge in [-0.2, -0.15) is 0 Å². The molecule has 6 heteroatoms. The highest BCUT2D eigenvalue weighted by molar-refractivity contribution is 7.90. The molecule has 0 heterocycles. The van der Waals surface area contributed by atoms with E-state index in [1.165, 1.54) is 12.3 Å². The zero-order valence-electron chi connectivity index (χ0n) is 10.6. The number of carboxylic acid groups (broad SMARTS) is 1. The van der Waals surface area contributed by atoms with Gasteiger partial charge in [0.1, 0.15) is 15.6 Å². The number of para-hydroxylation sites is 1. The van der Waals surface area contributed by atoms with E-state index in [1.54, 1.807) is 24.3 Å². The fourth-order valence-electron chi connectivity index (χ4n) is 1.41. The van der Waals surface area contributed by atoms with Crippen LogP contribution in [0.2, 0.25) is 0 Å². The summed E-state index contributed by atoms with van der Waals surface area (Å²) >= 11 is 0. The van der Waals surface area contributed by atoms with Crippen molar-refractivity contribution in [2.45, 2.75) is 6.42 Å². The lowest BCUT2D eigenvalue weighted by Gasteiger charge is -2.08. The van der Waals surface area contributed by atoms with Crippen LogP contribution in [0, 0.1) is 0 Å². The Labute approximate surface area is 112 Å². The summed E-state index contributed by atoms with van der Waals surface area (Å²) in [4.78, 5) is 10.5. The van der Waals surface area contributed by atoms with Crippen molar-refractivity contribution < 1.29 is 23.1 Å². The van der Waals surface area contributed by atoms with Crippen molar-refractivity contribution in [3.8, 4) is 5.75 Å². The van der Waals surface area contributed by atoms with Gasteiger partial charge in [0.25, 0.3) is 0 Å². The zero-order valence-corrected chi connectivity index (χ0v) is 11.4. The first kappa shape index (κ1) is 15.2. The molecule has 0 unspecified atom stereocenters. The number of hydrogen-bond acceptors (Lipinski definition) is 4. The average molecular weight is 284 g/mol. The Kier molecular flexibility index (Phi) is 5.57. The molecule has 0 saturated carbocycles. The molecular formula is C13H16O5S. The molecule has 0 amide bonds. The molecule has 5 nitrogen and oxygen atoms in total. The average Bonchev–Trinajstić information content (AvgIpc) is 2.32. The van der Waals surface area contributed by atoms with Crippen LogP contribution in [0.1, 0.15) is 12.0 Å². The van der Waals surface area contributed by atoms with Crippen LogP contribution < -0.4 is 4.74 Å². The van der Waals surface area contributed by atoms with E-state index in [0.717, 1.165) is 6.08 Å². The predicted octanol–water partition coefficient (Wildman–Crippen LogP) is 1.60. The minimum Gasteiger partial charge on any atom is -0.493 e. The molecule has 1 rings (SSSR count). The summed E-state index contributed by atoms with van der Waals surface area (Å²) in [5.41, 5.74) is 0.643. The molecule has 0 saturated heterocycles. The fraction of sp³-hybridized carbons (Fsp3) is 0.308. The summed E-state index contributed by atoms with van der Waals surface area (Å²) in [5, 5.41) is 8.58. The van der Waals surface area contributed by atoms with Crippen molar-refractivity contribution >= 4 is 21.9 Å². The third-order valence-electron chi connectivity index (χ3n) is 2.24. The molecule has 0 bridgehead atoms. The molecule has 104 valence electrons. The van der Waals surface area contributed by atoms with Gasteiger partial charge in [-0.1, -0.05) is 18.2 Å². The Bertz CT molecular complexity index is 560. The smallest absolute Gasteiger partial charge is 0.328 e. The van der Waals surface area contributed by atoms with Gasteiger partial charge in [-0.05, 0) is 18.6 Å². The lowest BCUT2D eigenvalue weighted by molar-refractivity contribution is -0.131. The molecule has 0 atom stereocenters. The van der Waals surface area contributed by atoms with Crippen LogP contribution in [0.15, 0.2) is 30.3 Å². The first-order valence-electron chi connectivity index (χ1n) is 5.69. The van der Waals surface area contributed by atoms with Crippen LogP contribution in [-0.4, -0.2) is 38.1 Å². The highest BCUT2D eigenvalue weighted by Crippen LogP contribution is 2.19. The van der Waals surface area contributed by atoms with Crippen LogP contribution in [0.4, 0.5) is 0 Å². The third-order valence-corrected chi connectivity index (χ3v) is 3.27. The molecule has 19 heavy (non-hydrogen) atoms. The van der Waals surface area contributed by atoms with Gasteiger partial charge in [-0.15, -0.1) is 0 Å². The summed E-state index contributed by atoms with van der Waals surface area (Å²) in [5.74, 6) is -0.430. The second-order valence-electron chi connectivity index (χ2n) is 4.04. The minimum atomic E-state index is -2.98. The maximum Gasteiger partial charge on any atom is 0.328 e. The van der Waals surface area contributed by atoms with Gasteiger partial charge in [-0.3, -0.25) is 0 Å². The number of rotatable bonds is 7. The second kappa shape index (κ2) is 6.94. The molecule has 0 radical (unpaired) electrons. The van der Waals surface area contributed by atoms with Gasteiger partial charge in [0.2, 0.25) is 0 Å². The van der Waals surface area contributed by atoms with Crippen LogP contribution >= 0.6 is 0 Å². The highest BCUT2D eigenvalue weighted by atomic mass is 32.2. The second-order valence-corrected chi connectivity index (χ2v) is 6.30. The fourth-order valence-corrected chi connectivity index (χ4v) is 2.06. The van der Waals surface area contributed by atoms with E-state index in [4.69, 9.17) is 9.84 Å². The quantitative estimate of drug-likeness (QED) is 0.607. The number of ether oxygens (including phenoxy) is 1. The molecule has 1 aromatic rings. The molecule has 0 aliphatic rings. The summed E-state index contributed by atoms with van der Waals surface area (Å²) in [6.07, 6.45) is 4.04. The van der Waals surface area contributed by atoms with Gasteiger partial charge in [0.15, 0.2) is 0 Å². The number of carboxylic acids is 1. The minimum absolute atomic E-state index is 0.0696. The maximum absolute atomic E-state index is 11.0. The summed E-state index contributed by atoms with van der Waals surface area (Å²) in [6.45, 7) is 0.269. The third kappa shape index (κ3) is 6.61. The van der Waals surface area contributed by atoms with E-state index in [0.29, 0.717) is 17.7 Å². The van der Waals surface area contributed by atoms with Gasteiger partial charge in [0.05, 0.1) is 12.4 Å². The Morgan fingerprint density at radius 3 is 2.68 bits per heavy atom. The Morgan fingerprint density at radius 2 is 2.05 bits per heavy atom. The van der Waals surface area contributed by atoms with Gasteiger partial charge in [-0.25, -0.2) is 13.2 Å². The zero-order chi connectivity index (χ0) is 14.3. The van der Waals surface area contributed by atoms with Crippen LogP contribution in [0.3, 0.4) is 0 Å². The van der Waals surface area contributed by atoms with Gasteiger partial charge < -0.3 is 9.84 Å². The molecule has 0 aliphatic carbocycles. The van der Waals surface area contributed by atoms with E-state index in [2.05, 4.69) is 0 Å². The molecule has 1 N–H and O–H groups in total. The van der Waals surface area contributed by atoms with Crippen LogP contribution in [0.5, 0.6) is 5.75 Å². The summed E-state index contributed by atoms with van der Waals surface area (Å²) in [6, 6.07) is 6.97. The molecular weight excluding hydrogens is 268 g/mol.